The molecular weight excluding hydrogens is 232 g/mol. The maximum Gasteiger partial charge on any atom is 0.0610 e. The van der Waals surface area contributed by atoms with E-state index in [9.17, 15) is 0 Å². The average molecular weight is 260 g/mol. The van der Waals surface area contributed by atoms with E-state index in [1.807, 2.05) is 0 Å². The Balaban J connectivity index is 2.48. The van der Waals surface area contributed by atoms with Gasteiger partial charge in [-0.15, -0.1) is 0 Å². The van der Waals surface area contributed by atoms with Gasteiger partial charge in [-0.25, -0.2) is 0 Å². The molecule has 106 valence electrons. The lowest BCUT2D eigenvalue weighted by atomic mass is 9.89. The van der Waals surface area contributed by atoms with Crippen LogP contribution in [0.2, 0.25) is 0 Å². The molecule has 0 radical (unpaired) electrons. The third-order valence-corrected chi connectivity index (χ3v) is 3.98. The molecular formula is C17H28N2. The lowest BCUT2D eigenvalue weighted by molar-refractivity contribution is 0.354. The SMILES string of the molecule is Cc1cc2c(cc1C)N(CC(C)(C)C)C(C)(C)CN2. The van der Waals surface area contributed by atoms with Gasteiger partial charge in [-0.1, -0.05) is 20.8 Å². The molecule has 0 bridgehead atoms. The second kappa shape index (κ2) is 4.43. The summed E-state index contributed by atoms with van der Waals surface area (Å²) in [7, 11) is 0. The van der Waals surface area contributed by atoms with E-state index in [4.69, 9.17) is 0 Å². The third kappa shape index (κ3) is 2.88. The molecule has 0 amide bonds. The van der Waals surface area contributed by atoms with Crippen LogP contribution < -0.4 is 10.2 Å². The van der Waals surface area contributed by atoms with Crippen molar-refractivity contribution in [2.75, 3.05) is 23.3 Å². The van der Waals surface area contributed by atoms with Crippen LogP contribution in [0.5, 0.6) is 0 Å². The first-order valence-electron chi connectivity index (χ1n) is 7.23. The van der Waals surface area contributed by atoms with Gasteiger partial charge in [0, 0.05) is 13.1 Å². The molecule has 0 spiro atoms. The summed E-state index contributed by atoms with van der Waals surface area (Å²) in [6, 6.07) is 4.62. The van der Waals surface area contributed by atoms with E-state index in [1.165, 1.54) is 22.5 Å². The number of nitrogens with one attached hydrogen (secondary N) is 1. The summed E-state index contributed by atoms with van der Waals surface area (Å²) in [5.41, 5.74) is 5.83. The Morgan fingerprint density at radius 1 is 1.16 bits per heavy atom. The smallest absolute Gasteiger partial charge is 0.0610 e. The second-order valence-corrected chi connectivity index (χ2v) is 7.77. The van der Waals surface area contributed by atoms with Gasteiger partial charge in [0.05, 0.1) is 16.9 Å². The van der Waals surface area contributed by atoms with Crippen LogP contribution in [-0.2, 0) is 0 Å². The zero-order chi connectivity index (χ0) is 14.4. The van der Waals surface area contributed by atoms with Gasteiger partial charge in [0.25, 0.3) is 0 Å². The van der Waals surface area contributed by atoms with E-state index < -0.39 is 0 Å². The third-order valence-electron chi connectivity index (χ3n) is 3.98. The number of fused-ring (bicyclic) bond motifs is 1. The molecule has 0 aromatic heterocycles. The summed E-state index contributed by atoms with van der Waals surface area (Å²) in [4.78, 5) is 2.57. The van der Waals surface area contributed by atoms with E-state index >= 15 is 0 Å². The van der Waals surface area contributed by atoms with Gasteiger partial charge in [0.2, 0.25) is 0 Å². The van der Waals surface area contributed by atoms with Crippen LogP contribution in [-0.4, -0.2) is 18.6 Å². The van der Waals surface area contributed by atoms with Gasteiger partial charge in [-0.2, -0.15) is 0 Å². The highest BCUT2D eigenvalue weighted by molar-refractivity contribution is 5.75. The molecule has 0 atom stereocenters. The molecule has 0 fully saturated rings. The molecule has 1 heterocycles. The molecule has 1 aromatic carbocycles. The highest BCUT2D eigenvalue weighted by Crippen LogP contribution is 2.39. The first-order valence-corrected chi connectivity index (χ1v) is 7.23. The Morgan fingerprint density at radius 3 is 2.32 bits per heavy atom. The van der Waals surface area contributed by atoms with Gasteiger partial charge >= 0.3 is 0 Å². The summed E-state index contributed by atoms with van der Waals surface area (Å²) < 4.78 is 0. The molecule has 1 aliphatic rings. The minimum absolute atomic E-state index is 0.155. The van der Waals surface area contributed by atoms with Crippen LogP contribution >= 0.6 is 0 Å². The van der Waals surface area contributed by atoms with Crippen molar-refractivity contribution in [2.45, 2.75) is 54.0 Å². The standard InChI is InChI=1S/C17H28N2/c1-12-8-14-15(9-13(12)2)19(11-16(3,4)5)17(6,7)10-18-14/h8-9,18H,10-11H2,1-7H3. The largest absolute Gasteiger partial charge is 0.381 e. The molecule has 0 unspecified atom stereocenters. The van der Waals surface area contributed by atoms with E-state index in [1.54, 1.807) is 0 Å². The van der Waals surface area contributed by atoms with Crippen LogP contribution in [0.4, 0.5) is 11.4 Å². The molecule has 1 N–H and O–H groups in total. The van der Waals surface area contributed by atoms with Crippen molar-refractivity contribution in [3.8, 4) is 0 Å². The number of aryl methyl sites for hydroxylation is 2. The van der Waals surface area contributed by atoms with Crippen LogP contribution in [0, 0.1) is 19.3 Å². The number of nitrogens with zero attached hydrogens (tertiary/aromatic N) is 1. The minimum Gasteiger partial charge on any atom is -0.381 e. The Bertz CT molecular complexity index is 481. The van der Waals surface area contributed by atoms with Gasteiger partial charge in [-0.3, -0.25) is 0 Å². The quantitative estimate of drug-likeness (QED) is 0.807. The topological polar surface area (TPSA) is 15.3 Å². The van der Waals surface area contributed by atoms with E-state index in [2.05, 4.69) is 70.8 Å². The van der Waals surface area contributed by atoms with Crippen molar-refractivity contribution in [3.05, 3.63) is 23.3 Å². The normalized spacial score (nSPS) is 17.9. The lowest BCUT2D eigenvalue weighted by Gasteiger charge is -2.48. The van der Waals surface area contributed by atoms with Crippen LogP contribution in [0.25, 0.3) is 0 Å². The van der Waals surface area contributed by atoms with E-state index in [-0.39, 0.29) is 5.54 Å². The van der Waals surface area contributed by atoms with Gasteiger partial charge in [0.1, 0.15) is 0 Å². The maximum atomic E-state index is 3.60. The molecule has 19 heavy (non-hydrogen) atoms. The fraction of sp³-hybridized carbons (Fsp3) is 0.647. The zero-order valence-corrected chi connectivity index (χ0v) is 13.5. The van der Waals surface area contributed by atoms with Gasteiger partial charge < -0.3 is 10.2 Å². The highest BCUT2D eigenvalue weighted by Gasteiger charge is 2.35. The summed E-state index contributed by atoms with van der Waals surface area (Å²) >= 11 is 0. The fourth-order valence-corrected chi connectivity index (χ4v) is 2.67. The molecule has 1 aromatic rings. The number of hydrogen-bond acceptors (Lipinski definition) is 2. The molecule has 0 saturated heterocycles. The predicted octanol–water partition coefficient (Wildman–Crippen LogP) is 4.36. The van der Waals surface area contributed by atoms with Crippen LogP contribution in [0.3, 0.4) is 0 Å². The van der Waals surface area contributed by atoms with E-state index in [0.717, 1.165) is 13.1 Å². The molecule has 0 aliphatic carbocycles. The monoisotopic (exact) mass is 260 g/mol. The molecule has 1 aliphatic heterocycles. The number of benzene rings is 1. The van der Waals surface area contributed by atoms with E-state index in [0.29, 0.717) is 5.41 Å². The Hall–Kier alpha value is -1.18. The predicted molar refractivity (Wildman–Crippen MR) is 85.3 cm³/mol. The van der Waals surface area contributed by atoms with Gasteiger partial charge in [0.15, 0.2) is 0 Å². The minimum atomic E-state index is 0.155. The van der Waals surface area contributed by atoms with Crippen molar-refractivity contribution in [1.82, 2.24) is 0 Å². The van der Waals surface area contributed by atoms with Crippen molar-refractivity contribution < 1.29 is 0 Å². The van der Waals surface area contributed by atoms with Crippen molar-refractivity contribution >= 4 is 11.4 Å². The number of anilines is 2. The number of rotatable bonds is 1. The first kappa shape index (κ1) is 14.2. The van der Waals surface area contributed by atoms with Crippen LogP contribution in [0.1, 0.15) is 45.7 Å². The number of hydrogen-bond donors (Lipinski definition) is 1. The summed E-state index contributed by atoms with van der Waals surface area (Å²) in [5.74, 6) is 0. The van der Waals surface area contributed by atoms with Crippen molar-refractivity contribution in [1.29, 1.82) is 0 Å². The zero-order valence-electron chi connectivity index (χ0n) is 13.5. The average Bonchev–Trinajstić information content (AvgIpc) is 2.24. The molecule has 0 saturated carbocycles. The lowest BCUT2D eigenvalue weighted by Crippen LogP contribution is -2.54. The molecule has 2 heteroatoms. The van der Waals surface area contributed by atoms with Crippen molar-refractivity contribution in [2.24, 2.45) is 5.41 Å². The second-order valence-electron chi connectivity index (χ2n) is 7.77. The van der Waals surface area contributed by atoms with Crippen LogP contribution in [0.15, 0.2) is 12.1 Å². The summed E-state index contributed by atoms with van der Waals surface area (Å²) in [6.07, 6.45) is 0. The fourth-order valence-electron chi connectivity index (χ4n) is 2.67. The Morgan fingerprint density at radius 2 is 1.74 bits per heavy atom. The highest BCUT2D eigenvalue weighted by atomic mass is 15.3. The maximum absolute atomic E-state index is 3.60. The molecule has 2 nitrogen and oxygen atoms in total. The van der Waals surface area contributed by atoms with Gasteiger partial charge in [-0.05, 0) is 56.4 Å². The Labute approximate surface area is 118 Å². The molecule has 2 rings (SSSR count). The summed E-state index contributed by atoms with van der Waals surface area (Å²) in [6.45, 7) is 18.0. The summed E-state index contributed by atoms with van der Waals surface area (Å²) in [5, 5.41) is 3.60. The Kier molecular flexibility index (Phi) is 3.32. The van der Waals surface area contributed by atoms with Crippen molar-refractivity contribution in [3.63, 3.8) is 0 Å². The first-order chi connectivity index (χ1) is 8.60.